The predicted octanol–water partition coefficient (Wildman–Crippen LogP) is 4.65. The minimum Gasteiger partial charge on any atom is -0.495 e. The molecule has 2 unspecified atom stereocenters. The van der Waals surface area contributed by atoms with E-state index in [2.05, 4.69) is 39.5 Å². The second-order valence-corrected chi connectivity index (χ2v) is 11.2. The highest BCUT2D eigenvalue weighted by Gasteiger charge is 2.25. The number of likely N-dealkylation sites (N-methyl/N-ethyl adjacent to an activating group) is 1. The average Bonchev–Trinajstić information content (AvgIpc) is 3.43. The van der Waals surface area contributed by atoms with Crippen molar-refractivity contribution in [3.63, 3.8) is 0 Å². The van der Waals surface area contributed by atoms with E-state index < -0.39 is 0 Å². The number of rotatable bonds is 10. The Bertz CT molecular complexity index is 1310. The van der Waals surface area contributed by atoms with Gasteiger partial charge < -0.3 is 29.7 Å². The van der Waals surface area contributed by atoms with E-state index in [0.717, 1.165) is 44.5 Å². The van der Waals surface area contributed by atoms with Crippen LogP contribution in [0.2, 0.25) is 10.0 Å². The lowest BCUT2D eigenvalue weighted by Crippen LogP contribution is -2.33. The second-order valence-electron chi connectivity index (χ2n) is 10.5. The fraction of sp³-hybridized carbons (Fsp3) is 0.536. The van der Waals surface area contributed by atoms with E-state index >= 15 is 0 Å². The minimum absolute atomic E-state index is 0.177. The van der Waals surface area contributed by atoms with Gasteiger partial charge in [-0.05, 0) is 46.0 Å². The van der Waals surface area contributed by atoms with Gasteiger partial charge in [-0.2, -0.15) is 0 Å². The molecule has 216 valence electrons. The molecular weight excluding hydrogens is 553 g/mol. The van der Waals surface area contributed by atoms with Gasteiger partial charge in [0.15, 0.2) is 5.82 Å². The van der Waals surface area contributed by atoms with Crippen LogP contribution in [0.3, 0.4) is 0 Å². The first-order chi connectivity index (χ1) is 19.4. The molecule has 5 rings (SSSR count). The molecule has 4 heterocycles. The maximum Gasteiger partial charge on any atom is 0.223 e. The zero-order valence-electron chi connectivity index (χ0n) is 23.5. The summed E-state index contributed by atoms with van der Waals surface area (Å²) in [6.45, 7) is 5.16. The van der Waals surface area contributed by atoms with E-state index in [0.29, 0.717) is 69.3 Å². The fourth-order valence-corrected chi connectivity index (χ4v) is 5.97. The molecule has 2 N–H and O–H groups in total. The number of ether oxygens (including phenoxy) is 3. The van der Waals surface area contributed by atoms with Crippen molar-refractivity contribution in [1.82, 2.24) is 24.8 Å². The number of methoxy groups -OCH3 is 2. The van der Waals surface area contributed by atoms with Crippen molar-refractivity contribution in [2.45, 2.75) is 31.3 Å². The van der Waals surface area contributed by atoms with Crippen LogP contribution in [0, 0.1) is 0 Å². The van der Waals surface area contributed by atoms with Crippen LogP contribution in [0.5, 0.6) is 11.5 Å². The molecule has 1 aromatic carbocycles. The van der Waals surface area contributed by atoms with Crippen LogP contribution in [0.15, 0.2) is 18.3 Å². The Labute approximate surface area is 245 Å². The lowest BCUT2D eigenvalue weighted by atomic mass is 10.1. The van der Waals surface area contributed by atoms with E-state index in [1.807, 2.05) is 6.07 Å². The summed E-state index contributed by atoms with van der Waals surface area (Å²) in [5.41, 5.74) is 1.81. The summed E-state index contributed by atoms with van der Waals surface area (Å²) in [7, 11) is 7.39. The van der Waals surface area contributed by atoms with Gasteiger partial charge in [0.25, 0.3) is 0 Å². The molecule has 12 heteroatoms. The largest absolute Gasteiger partial charge is 0.495 e. The first-order valence-corrected chi connectivity index (χ1v) is 14.4. The predicted molar refractivity (Wildman–Crippen MR) is 160 cm³/mol. The lowest BCUT2D eigenvalue weighted by molar-refractivity contribution is 0.0874. The molecule has 0 amide bonds. The van der Waals surface area contributed by atoms with Crippen molar-refractivity contribution in [3.8, 4) is 22.8 Å². The molecule has 0 aliphatic carbocycles. The standard InChI is InChI=1S/C28H37Cl2N7O3/c1-36(2)19-7-9-37(15-19)10-8-31-27-26-17(14-32-28(35-26)33-18-6-5-11-40-16-18)12-20(34-27)23-24(29)21(38-3)13-22(39-4)25(23)30/h12-14,18-19H,5-11,15-16H2,1-4H3,(H,31,34)(H,32,33,35). The third kappa shape index (κ3) is 6.31. The Morgan fingerprint density at radius 3 is 2.52 bits per heavy atom. The lowest BCUT2D eigenvalue weighted by Gasteiger charge is -2.23. The number of anilines is 2. The molecule has 2 aromatic heterocycles. The summed E-state index contributed by atoms with van der Waals surface area (Å²) in [6.07, 6.45) is 5.00. The molecule has 40 heavy (non-hydrogen) atoms. The summed E-state index contributed by atoms with van der Waals surface area (Å²) >= 11 is 13.5. The van der Waals surface area contributed by atoms with Crippen LogP contribution in [0.4, 0.5) is 11.8 Å². The Kier molecular flexibility index (Phi) is 9.32. The Balaban J connectivity index is 1.49. The van der Waals surface area contributed by atoms with E-state index in [4.69, 9.17) is 47.4 Å². The Hall–Kier alpha value is -2.63. The van der Waals surface area contributed by atoms with E-state index in [1.54, 1.807) is 26.5 Å². The molecule has 10 nitrogen and oxygen atoms in total. The monoisotopic (exact) mass is 589 g/mol. The number of fused-ring (bicyclic) bond motifs is 1. The van der Waals surface area contributed by atoms with Gasteiger partial charge in [-0.25, -0.2) is 15.0 Å². The smallest absolute Gasteiger partial charge is 0.223 e. The van der Waals surface area contributed by atoms with Crippen molar-refractivity contribution < 1.29 is 14.2 Å². The third-order valence-corrected chi connectivity index (χ3v) is 8.34. The number of hydrogen-bond donors (Lipinski definition) is 2. The molecule has 0 radical (unpaired) electrons. The van der Waals surface area contributed by atoms with Crippen LogP contribution < -0.4 is 20.1 Å². The molecule has 0 spiro atoms. The second kappa shape index (κ2) is 12.9. The van der Waals surface area contributed by atoms with Gasteiger partial charge in [0.1, 0.15) is 17.0 Å². The summed E-state index contributed by atoms with van der Waals surface area (Å²) < 4.78 is 16.6. The molecule has 2 aliphatic rings. The Morgan fingerprint density at radius 1 is 1.10 bits per heavy atom. The summed E-state index contributed by atoms with van der Waals surface area (Å²) in [5.74, 6) is 2.08. The minimum atomic E-state index is 0.177. The highest BCUT2D eigenvalue weighted by atomic mass is 35.5. The first-order valence-electron chi connectivity index (χ1n) is 13.6. The molecule has 2 atom stereocenters. The van der Waals surface area contributed by atoms with Crippen molar-refractivity contribution in [1.29, 1.82) is 0 Å². The maximum absolute atomic E-state index is 6.76. The van der Waals surface area contributed by atoms with Crippen LogP contribution in [-0.4, -0.2) is 105 Å². The highest BCUT2D eigenvalue weighted by molar-refractivity contribution is 6.41. The number of hydrogen-bond acceptors (Lipinski definition) is 10. The van der Waals surface area contributed by atoms with Gasteiger partial charge >= 0.3 is 0 Å². The number of nitrogens with one attached hydrogen (secondary N) is 2. The van der Waals surface area contributed by atoms with Crippen LogP contribution in [-0.2, 0) is 4.74 Å². The van der Waals surface area contributed by atoms with E-state index in [-0.39, 0.29) is 6.04 Å². The van der Waals surface area contributed by atoms with E-state index in [9.17, 15) is 0 Å². The van der Waals surface area contributed by atoms with Gasteiger partial charge in [0, 0.05) is 55.5 Å². The number of benzene rings is 1. The van der Waals surface area contributed by atoms with Crippen molar-refractivity contribution in [2.24, 2.45) is 0 Å². The number of nitrogens with zero attached hydrogens (tertiary/aromatic N) is 5. The zero-order chi connectivity index (χ0) is 28.2. The highest BCUT2D eigenvalue weighted by Crippen LogP contribution is 2.46. The normalized spacial score (nSPS) is 19.8. The summed E-state index contributed by atoms with van der Waals surface area (Å²) in [5, 5.41) is 8.48. The van der Waals surface area contributed by atoms with Crippen LogP contribution >= 0.6 is 23.2 Å². The molecule has 2 fully saturated rings. The summed E-state index contributed by atoms with van der Waals surface area (Å²) in [4.78, 5) is 19.2. The van der Waals surface area contributed by atoms with Crippen molar-refractivity contribution in [2.75, 3.05) is 78.3 Å². The number of halogens is 2. The number of likely N-dealkylation sites (tertiary alicyclic amines) is 1. The molecule has 3 aromatic rings. The zero-order valence-corrected chi connectivity index (χ0v) is 25.0. The van der Waals surface area contributed by atoms with Gasteiger partial charge in [0.05, 0.1) is 42.6 Å². The number of aromatic nitrogens is 3. The van der Waals surface area contributed by atoms with Gasteiger partial charge in [-0.3, -0.25) is 4.90 Å². The molecule has 2 aliphatic heterocycles. The average molecular weight is 591 g/mol. The van der Waals surface area contributed by atoms with Crippen LogP contribution in [0.1, 0.15) is 19.3 Å². The molecular formula is C28H37Cl2N7O3. The maximum atomic E-state index is 6.76. The SMILES string of the molecule is COc1cc(OC)c(Cl)c(-c2cc3cnc(NC4CCCOC4)nc3c(NCCN3CCC(N(C)C)C3)n2)c1Cl. The first kappa shape index (κ1) is 28.9. The summed E-state index contributed by atoms with van der Waals surface area (Å²) in [6, 6.07) is 4.32. The topological polar surface area (TPSA) is 96.9 Å². The molecule has 0 bridgehead atoms. The van der Waals surface area contributed by atoms with Crippen molar-refractivity contribution in [3.05, 3.63) is 28.4 Å². The van der Waals surface area contributed by atoms with E-state index in [1.165, 1.54) is 6.42 Å². The van der Waals surface area contributed by atoms with Gasteiger partial charge in [-0.15, -0.1) is 0 Å². The fourth-order valence-electron chi connectivity index (χ4n) is 5.28. The van der Waals surface area contributed by atoms with Gasteiger partial charge in [0.2, 0.25) is 5.95 Å². The van der Waals surface area contributed by atoms with Crippen LogP contribution in [0.25, 0.3) is 22.2 Å². The quantitative estimate of drug-likeness (QED) is 0.347. The van der Waals surface area contributed by atoms with Crippen molar-refractivity contribution >= 4 is 45.9 Å². The molecule has 0 saturated carbocycles. The molecule has 2 saturated heterocycles. The third-order valence-electron chi connectivity index (χ3n) is 7.59. The number of pyridine rings is 1. The Morgan fingerprint density at radius 2 is 1.88 bits per heavy atom. The van der Waals surface area contributed by atoms with Gasteiger partial charge in [-0.1, -0.05) is 23.2 Å².